The topological polar surface area (TPSA) is 32.3 Å². The average molecular weight is 319 g/mol. The standard InChI is InChI=1S/C13H20N2O.ClH.Cu/c1-3-15(4-2)10-9-14-11-12-7-5-6-8-13(12)16;;/h5-8,11,14H,3-4,9-10H2,1-2H3;1H;/q;;+2/p-1. The molecule has 0 aromatic heterocycles. The molecule has 0 saturated carbocycles. The van der Waals surface area contributed by atoms with Gasteiger partial charge in [-0.2, -0.15) is 0 Å². The Kier molecular flexibility index (Phi) is 11.2. The van der Waals surface area contributed by atoms with E-state index in [0.29, 0.717) is 0 Å². The molecule has 1 rings (SSSR count). The van der Waals surface area contributed by atoms with Gasteiger partial charge in [0.05, 0.1) is 0 Å². The third kappa shape index (κ3) is 7.02. The van der Waals surface area contributed by atoms with Crippen molar-refractivity contribution in [3.8, 4) is 0 Å². The first-order chi connectivity index (χ1) is 8.77. The van der Waals surface area contributed by atoms with Crippen LogP contribution in [0, 0.1) is 0 Å². The van der Waals surface area contributed by atoms with E-state index in [0.717, 1.165) is 31.8 Å². The summed E-state index contributed by atoms with van der Waals surface area (Å²) in [5.74, 6) is 0.0674. The zero-order valence-electron chi connectivity index (χ0n) is 10.8. The predicted octanol–water partition coefficient (Wildman–Crippen LogP) is 2.18. The van der Waals surface area contributed by atoms with E-state index in [4.69, 9.17) is 0 Å². The molecule has 105 valence electrons. The van der Waals surface area contributed by atoms with Crippen LogP contribution < -0.4 is 5.32 Å². The van der Waals surface area contributed by atoms with Crippen molar-refractivity contribution in [3.63, 3.8) is 0 Å². The molecular weight excluding hydrogens is 299 g/mol. The van der Waals surface area contributed by atoms with Gasteiger partial charge in [-0.1, -0.05) is 26.0 Å². The van der Waals surface area contributed by atoms with Crippen molar-refractivity contribution < 1.29 is 19.9 Å². The first-order valence-electron chi connectivity index (χ1n) is 5.94. The Hall–Kier alpha value is -0.541. The van der Waals surface area contributed by atoms with Crippen molar-refractivity contribution >= 4 is 15.9 Å². The maximum absolute atomic E-state index is 11.4. The van der Waals surface area contributed by atoms with E-state index in [1.165, 1.54) is 0 Å². The fourth-order valence-corrected chi connectivity index (χ4v) is 1.54. The first-order valence-corrected chi connectivity index (χ1v) is 7.23. The van der Waals surface area contributed by atoms with Gasteiger partial charge >= 0.3 is 25.2 Å². The monoisotopic (exact) mass is 318 g/mol. The van der Waals surface area contributed by atoms with E-state index in [1.54, 1.807) is 18.4 Å². The van der Waals surface area contributed by atoms with Crippen molar-refractivity contribution in [2.24, 2.45) is 0 Å². The summed E-state index contributed by atoms with van der Waals surface area (Å²) in [7, 11) is 4.20. The normalized spacial score (nSPS) is 15.9. The first kappa shape index (κ1) is 17.5. The van der Waals surface area contributed by atoms with Crippen LogP contribution in [0.1, 0.15) is 13.8 Å². The van der Waals surface area contributed by atoms with Crippen LogP contribution in [0.5, 0.6) is 0 Å². The van der Waals surface area contributed by atoms with E-state index in [2.05, 4.69) is 49.3 Å². The summed E-state index contributed by atoms with van der Waals surface area (Å²) in [5.41, 5.74) is 0.724. The molecular formula is C13H20ClCuN2O+. The molecule has 0 spiro atoms. The second kappa shape index (κ2) is 11.5. The Morgan fingerprint density at radius 1 is 1.28 bits per heavy atom. The average Bonchev–Trinajstić information content (AvgIpc) is 2.43. The quantitative estimate of drug-likeness (QED) is 0.463. The SMILES string of the molecule is CCN(CC)CCNC=C1C=CC=CC1=O.[Cl][Cu+]. The van der Waals surface area contributed by atoms with E-state index in [-0.39, 0.29) is 5.78 Å². The summed E-state index contributed by atoms with van der Waals surface area (Å²) < 4.78 is 0. The van der Waals surface area contributed by atoms with Crippen molar-refractivity contribution in [2.75, 3.05) is 26.2 Å². The zero-order chi connectivity index (χ0) is 13.8. The van der Waals surface area contributed by atoms with Crippen LogP contribution in [-0.4, -0.2) is 36.9 Å². The third-order valence-corrected chi connectivity index (χ3v) is 2.64. The van der Waals surface area contributed by atoms with Gasteiger partial charge in [-0.25, -0.2) is 0 Å². The number of carbonyl (C=O) groups is 1. The molecule has 0 radical (unpaired) electrons. The van der Waals surface area contributed by atoms with Gasteiger partial charge in [0, 0.05) is 24.9 Å². The van der Waals surface area contributed by atoms with Crippen LogP contribution in [0.15, 0.2) is 36.1 Å². The summed E-state index contributed by atoms with van der Waals surface area (Å²) in [6, 6.07) is 0. The van der Waals surface area contributed by atoms with Crippen LogP contribution in [-0.2, 0) is 19.9 Å². The van der Waals surface area contributed by atoms with Gasteiger partial charge in [-0.3, -0.25) is 4.79 Å². The minimum atomic E-state index is 0.0674. The van der Waals surface area contributed by atoms with Gasteiger partial charge in [0.25, 0.3) is 0 Å². The molecule has 0 saturated heterocycles. The molecule has 0 bridgehead atoms. The molecule has 0 aromatic carbocycles. The fourth-order valence-electron chi connectivity index (χ4n) is 1.54. The Labute approximate surface area is 122 Å². The number of nitrogens with zero attached hydrogens (tertiary/aromatic N) is 1. The number of ketones is 1. The second-order valence-corrected chi connectivity index (χ2v) is 3.66. The third-order valence-electron chi connectivity index (χ3n) is 2.64. The van der Waals surface area contributed by atoms with Crippen molar-refractivity contribution in [2.45, 2.75) is 13.8 Å². The summed E-state index contributed by atoms with van der Waals surface area (Å²) in [5, 5.41) is 3.17. The van der Waals surface area contributed by atoms with Gasteiger partial charge in [-0.15, -0.1) is 0 Å². The van der Waals surface area contributed by atoms with E-state index in [9.17, 15) is 4.79 Å². The van der Waals surface area contributed by atoms with Crippen LogP contribution in [0.3, 0.4) is 0 Å². The molecule has 0 amide bonds. The van der Waals surface area contributed by atoms with Gasteiger partial charge in [0.15, 0.2) is 5.78 Å². The molecule has 18 heavy (non-hydrogen) atoms. The number of hydrogen-bond acceptors (Lipinski definition) is 3. The predicted molar refractivity (Wildman–Crippen MR) is 73.0 cm³/mol. The summed E-state index contributed by atoms with van der Waals surface area (Å²) in [6.07, 6.45) is 8.84. The second-order valence-electron chi connectivity index (χ2n) is 3.66. The van der Waals surface area contributed by atoms with Gasteiger partial charge in [0.2, 0.25) is 0 Å². The summed E-state index contributed by atoms with van der Waals surface area (Å²) in [6.45, 7) is 8.31. The van der Waals surface area contributed by atoms with Gasteiger partial charge in [-0.05, 0) is 25.2 Å². The molecule has 1 aliphatic rings. The van der Waals surface area contributed by atoms with Crippen LogP contribution in [0.25, 0.3) is 0 Å². The maximum atomic E-state index is 11.4. The van der Waals surface area contributed by atoms with Crippen LogP contribution in [0.2, 0.25) is 0 Å². The molecule has 0 atom stereocenters. The molecule has 1 aliphatic carbocycles. The Balaban J connectivity index is 0.00000137. The van der Waals surface area contributed by atoms with Crippen molar-refractivity contribution in [3.05, 3.63) is 36.1 Å². The van der Waals surface area contributed by atoms with Crippen LogP contribution >= 0.6 is 10.1 Å². The summed E-state index contributed by atoms with van der Waals surface area (Å²) >= 11 is 3.66. The number of nitrogens with one attached hydrogen (secondary N) is 1. The molecule has 1 N–H and O–H groups in total. The van der Waals surface area contributed by atoms with E-state index < -0.39 is 0 Å². The number of carbonyl (C=O) groups excluding carboxylic acids is 1. The van der Waals surface area contributed by atoms with E-state index >= 15 is 0 Å². The molecule has 0 aliphatic heterocycles. The number of allylic oxidation sites excluding steroid dienone is 5. The molecule has 0 unspecified atom stereocenters. The van der Waals surface area contributed by atoms with Gasteiger partial charge in [0.1, 0.15) is 0 Å². The Morgan fingerprint density at radius 2 is 1.89 bits per heavy atom. The van der Waals surface area contributed by atoms with Crippen molar-refractivity contribution in [1.82, 2.24) is 10.2 Å². The molecule has 0 aromatic rings. The number of hydrogen-bond donors (Lipinski definition) is 1. The molecule has 5 heteroatoms. The number of halogens is 1. The van der Waals surface area contributed by atoms with Gasteiger partial charge < -0.3 is 10.2 Å². The van der Waals surface area contributed by atoms with Crippen molar-refractivity contribution in [1.29, 1.82) is 0 Å². The number of rotatable bonds is 6. The van der Waals surface area contributed by atoms with Crippen LogP contribution in [0.4, 0.5) is 0 Å². The molecule has 0 heterocycles. The Morgan fingerprint density at radius 3 is 2.44 bits per heavy atom. The Bertz CT molecular complexity index is 323. The molecule has 0 fully saturated rings. The number of likely N-dealkylation sites (N-methyl/N-ethyl adjacent to an activating group) is 1. The zero-order valence-corrected chi connectivity index (χ0v) is 12.4. The minimum absolute atomic E-state index is 0.0674. The fraction of sp³-hybridized carbons (Fsp3) is 0.462. The van der Waals surface area contributed by atoms with E-state index in [1.807, 2.05) is 12.2 Å². The summed E-state index contributed by atoms with van der Waals surface area (Å²) in [4.78, 5) is 13.7. The molecule has 3 nitrogen and oxygen atoms in total.